The lowest BCUT2D eigenvalue weighted by Crippen LogP contribution is -2.01. The van der Waals surface area contributed by atoms with E-state index in [1.165, 1.54) is 88.0 Å². The first-order chi connectivity index (χ1) is 29.2. The summed E-state index contributed by atoms with van der Waals surface area (Å²) >= 11 is 0. The second-order valence-corrected chi connectivity index (χ2v) is 15.3. The molecular formula is C57H40N2. The van der Waals surface area contributed by atoms with E-state index >= 15 is 0 Å². The summed E-state index contributed by atoms with van der Waals surface area (Å²) in [4.78, 5) is 5.06. The van der Waals surface area contributed by atoms with Crippen LogP contribution in [0.25, 0.3) is 105 Å². The molecule has 278 valence electrons. The van der Waals surface area contributed by atoms with Crippen molar-refractivity contribution in [3.05, 3.63) is 218 Å². The maximum Gasteiger partial charge on any atom is 0.114 e. The van der Waals surface area contributed by atoms with Gasteiger partial charge in [0.15, 0.2) is 0 Å². The third kappa shape index (κ3) is 5.92. The van der Waals surface area contributed by atoms with Crippen molar-refractivity contribution in [3.8, 4) is 61.3 Å². The Balaban J connectivity index is 1.24. The summed E-state index contributed by atoms with van der Waals surface area (Å²) in [6, 6.07) is 77.6. The molecule has 0 amide bonds. The SMILES string of the molecule is CCc1nc2ccccc2n1-c1ccc(-c2c3ccccc3c(-c3cc(-c4ccccc4)cc(-c4ccccc4)c3)c3cc(-c4ccccc4)ccc23)c2ccccc12. The zero-order valence-electron chi connectivity index (χ0n) is 32.8. The van der Waals surface area contributed by atoms with Crippen LogP contribution < -0.4 is 0 Å². The van der Waals surface area contributed by atoms with Crippen LogP contribution in [-0.2, 0) is 6.42 Å². The molecule has 0 saturated heterocycles. The Kier molecular flexibility index (Phi) is 8.48. The summed E-state index contributed by atoms with van der Waals surface area (Å²) in [5, 5.41) is 7.33. The summed E-state index contributed by atoms with van der Waals surface area (Å²) in [5.74, 6) is 1.06. The molecule has 0 aliphatic rings. The number of hydrogen-bond donors (Lipinski definition) is 0. The second-order valence-electron chi connectivity index (χ2n) is 15.3. The molecule has 0 aliphatic heterocycles. The van der Waals surface area contributed by atoms with Crippen LogP contribution in [0.1, 0.15) is 12.7 Å². The lowest BCUT2D eigenvalue weighted by molar-refractivity contribution is 0.913. The molecule has 0 fully saturated rings. The highest BCUT2D eigenvalue weighted by Gasteiger charge is 2.22. The Labute approximate surface area is 344 Å². The molecule has 10 aromatic carbocycles. The highest BCUT2D eigenvalue weighted by molar-refractivity contribution is 6.24. The van der Waals surface area contributed by atoms with Crippen LogP contribution in [0.2, 0.25) is 0 Å². The van der Waals surface area contributed by atoms with Crippen LogP contribution >= 0.6 is 0 Å². The van der Waals surface area contributed by atoms with Crippen LogP contribution in [0.15, 0.2) is 212 Å². The zero-order chi connectivity index (χ0) is 39.3. The number of imidazole rings is 1. The number of aryl methyl sites for hydroxylation is 1. The summed E-state index contributed by atoms with van der Waals surface area (Å²) in [6.07, 6.45) is 0.836. The summed E-state index contributed by atoms with van der Waals surface area (Å²) in [5.41, 5.74) is 15.4. The van der Waals surface area contributed by atoms with E-state index in [1.54, 1.807) is 0 Å². The molecule has 11 rings (SSSR count). The van der Waals surface area contributed by atoms with Crippen molar-refractivity contribution in [3.63, 3.8) is 0 Å². The number of benzene rings is 10. The van der Waals surface area contributed by atoms with Crippen LogP contribution in [0.3, 0.4) is 0 Å². The van der Waals surface area contributed by atoms with E-state index in [4.69, 9.17) is 4.98 Å². The van der Waals surface area contributed by atoms with Gasteiger partial charge in [0.05, 0.1) is 16.7 Å². The number of nitrogens with zero attached hydrogens (tertiary/aromatic N) is 2. The van der Waals surface area contributed by atoms with E-state index in [1.807, 2.05) is 0 Å². The quantitative estimate of drug-likeness (QED) is 0.148. The van der Waals surface area contributed by atoms with Crippen molar-refractivity contribution in [2.45, 2.75) is 13.3 Å². The van der Waals surface area contributed by atoms with E-state index < -0.39 is 0 Å². The molecule has 0 radical (unpaired) electrons. The summed E-state index contributed by atoms with van der Waals surface area (Å²) in [6.45, 7) is 2.19. The van der Waals surface area contributed by atoms with E-state index in [0.29, 0.717) is 0 Å². The maximum absolute atomic E-state index is 5.06. The molecule has 0 unspecified atom stereocenters. The molecule has 1 aromatic heterocycles. The Morgan fingerprint density at radius 2 is 0.864 bits per heavy atom. The zero-order valence-corrected chi connectivity index (χ0v) is 32.8. The average Bonchev–Trinajstić information content (AvgIpc) is 3.69. The van der Waals surface area contributed by atoms with Crippen LogP contribution in [0.5, 0.6) is 0 Å². The summed E-state index contributed by atoms with van der Waals surface area (Å²) < 4.78 is 2.36. The Hall–Kier alpha value is -7.55. The molecule has 11 aromatic rings. The van der Waals surface area contributed by atoms with Crippen LogP contribution in [0, 0.1) is 0 Å². The minimum Gasteiger partial charge on any atom is -0.296 e. The molecule has 2 heteroatoms. The van der Waals surface area contributed by atoms with Crippen molar-refractivity contribution in [1.29, 1.82) is 0 Å². The monoisotopic (exact) mass is 752 g/mol. The van der Waals surface area contributed by atoms with E-state index in [0.717, 1.165) is 29.0 Å². The van der Waals surface area contributed by atoms with Crippen molar-refractivity contribution in [2.75, 3.05) is 0 Å². The third-order valence-corrected chi connectivity index (χ3v) is 11.9. The molecule has 59 heavy (non-hydrogen) atoms. The van der Waals surface area contributed by atoms with E-state index in [9.17, 15) is 0 Å². The largest absolute Gasteiger partial charge is 0.296 e. The molecule has 0 atom stereocenters. The van der Waals surface area contributed by atoms with Gasteiger partial charge in [-0.15, -0.1) is 0 Å². The maximum atomic E-state index is 5.06. The van der Waals surface area contributed by atoms with Gasteiger partial charge in [-0.25, -0.2) is 4.98 Å². The second kappa shape index (κ2) is 14.4. The molecular weight excluding hydrogens is 713 g/mol. The lowest BCUT2D eigenvalue weighted by atomic mass is 9.82. The van der Waals surface area contributed by atoms with Gasteiger partial charge in [-0.2, -0.15) is 0 Å². The van der Waals surface area contributed by atoms with E-state index in [-0.39, 0.29) is 0 Å². The Morgan fingerprint density at radius 3 is 1.51 bits per heavy atom. The van der Waals surface area contributed by atoms with Gasteiger partial charge in [0, 0.05) is 11.8 Å². The number of para-hydroxylation sites is 2. The number of rotatable bonds is 7. The van der Waals surface area contributed by atoms with Crippen molar-refractivity contribution in [2.24, 2.45) is 0 Å². The third-order valence-electron chi connectivity index (χ3n) is 11.9. The fourth-order valence-electron chi connectivity index (χ4n) is 9.23. The highest BCUT2D eigenvalue weighted by atomic mass is 15.1. The van der Waals surface area contributed by atoms with Gasteiger partial charge in [-0.3, -0.25) is 4.57 Å². The van der Waals surface area contributed by atoms with Crippen molar-refractivity contribution >= 4 is 43.4 Å². The predicted molar refractivity (Wildman–Crippen MR) is 250 cm³/mol. The minimum atomic E-state index is 0.836. The first-order valence-corrected chi connectivity index (χ1v) is 20.5. The highest BCUT2D eigenvalue weighted by Crippen LogP contribution is 2.48. The normalized spacial score (nSPS) is 11.5. The first-order valence-electron chi connectivity index (χ1n) is 20.5. The van der Waals surface area contributed by atoms with Crippen molar-refractivity contribution < 1.29 is 0 Å². The molecule has 2 nitrogen and oxygen atoms in total. The van der Waals surface area contributed by atoms with Crippen molar-refractivity contribution in [1.82, 2.24) is 9.55 Å². The van der Waals surface area contributed by atoms with Crippen LogP contribution in [-0.4, -0.2) is 9.55 Å². The minimum absolute atomic E-state index is 0.836. The molecule has 0 saturated carbocycles. The van der Waals surface area contributed by atoms with Crippen LogP contribution in [0.4, 0.5) is 0 Å². The lowest BCUT2D eigenvalue weighted by Gasteiger charge is -2.21. The molecule has 0 bridgehead atoms. The number of fused-ring (bicyclic) bond motifs is 4. The van der Waals surface area contributed by atoms with Gasteiger partial charge >= 0.3 is 0 Å². The van der Waals surface area contributed by atoms with Gasteiger partial charge in [0.1, 0.15) is 5.82 Å². The molecule has 0 spiro atoms. The fraction of sp³-hybridized carbons (Fsp3) is 0.0351. The van der Waals surface area contributed by atoms with Gasteiger partial charge in [0.25, 0.3) is 0 Å². The first kappa shape index (κ1) is 34.7. The topological polar surface area (TPSA) is 17.8 Å². The van der Waals surface area contributed by atoms with E-state index in [2.05, 4.69) is 224 Å². The Bertz CT molecular complexity index is 3290. The smallest absolute Gasteiger partial charge is 0.114 e. The molecule has 0 N–H and O–H groups in total. The molecule has 1 heterocycles. The van der Waals surface area contributed by atoms with Gasteiger partial charge < -0.3 is 0 Å². The predicted octanol–water partition coefficient (Wildman–Crippen LogP) is 15.4. The summed E-state index contributed by atoms with van der Waals surface area (Å²) in [7, 11) is 0. The van der Waals surface area contributed by atoms with Gasteiger partial charge in [-0.05, 0) is 125 Å². The number of aromatic nitrogens is 2. The fourth-order valence-corrected chi connectivity index (χ4v) is 9.23. The van der Waals surface area contributed by atoms with Gasteiger partial charge in [0.2, 0.25) is 0 Å². The van der Waals surface area contributed by atoms with Gasteiger partial charge in [-0.1, -0.05) is 177 Å². The average molecular weight is 753 g/mol. The standard InChI is InChI=1S/C57H40N2/c1-2-55-58-52-28-16-17-29-54(52)59(55)53-33-32-49(45-24-12-13-25-46(45)53)57-48-27-15-14-26-47(48)56(51-37-41(30-31-50(51)57)38-18-6-3-7-19-38)44-35-42(39-20-8-4-9-21-39)34-43(36-44)40-22-10-5-11-23-40/h3-37H,2H2,1H3. The number of hydrogen-bond acceptors (Lipinski definition) is 1. The Morgan fingerprint density at radius 1 is 0.356 bits per heavy atom. The molecule has 0 aliphatic carbocycles.